The van der Waals surface area contributed by atoms with Crippen molar-refractivity contribution in [3.8, 4) is 0 Å². The molecule has 0 unspecified atom stereocenters. The quantitative estimate of drug-likeness (QED) is 0.325. The molecule has 0 aromatic heterocycles. The molecule has 0 aliphatic carbocycles. The summed E-state index contributed by atoms with van der Waals surface area (Å²) < 4.78 is 0. The van der Waals surface area contributed by atoms with Gasteiger partial charge in [0.1, 0.15) is 0 Å². The van der Waals surface area contributed by atoms with Crippen LogP contribution in [-0.4, -0.2) is 34.8 Å². The summed E-state index contributed by atoms with van der Waals surface area (Å²) in [6.07, 6.45) is 0.398. The summed E-state index contributed by atoms with van der Waals surface area (Å²) >= 11 is 0. The molecule has 0 aliphatic heterocycles. The molecule has 0 aliphatic rings. The Kier molecular flexibility index (Phi) is 7.32. The number of carbonyl (C=O) groups excluding carboxylic acids is 2. The highest BCUT2D eigenvalue weighted by atomic mass is 16.6. The van der Waals surface area contributed by atoms with Crippen LogP contribution in [0.3, 0.4) is 0 Å². The Bertz CT molecular complexity index is 897. The van der Waals surface area contributed by atoms with Gasteiger partial charge in [0, 0.05) is 37.3 Å². The number of nitro groups is 2. The fraction of sp³-hybridized carbons (Fsp3) is 0.222. The van der Waals surface area contributed by atoms with Gasteiger partial charge in [-0.15, -0.1) is 0 Å². The van der Waals surface area contributed by atoms with E-state index in [0.29, 0.717) is 18.5 Å². The second-order valence-electron chi connectivity index (χ2n) is 6.02. The van der Waals surface area contributed by atoms with E-state index in [4.69, 9.17) is 5.73 Å². The summed E-state index contributed by atoms with van der Waals surface area (Å²) in [6.45, 7) is 0.837. The molecule has 0 spiro atoms. The smallest absolute Gasteiger partial charge is 0.277 e. The molecule has 11 nitrogen and oxygen atoms in total. The minimum atomic E-state index is -0.806. The Morgan fingerprint density at radius 2 is 1.31 bits per heavy atom. The van der Waals surface area contributed by atoms with Gasteiger partial charge in [-0.05, 0) is 24.1 Å². The minimum absolute atomic E-state index is 0.168. The lowest BCUT2D eigenvalue weighted by Gasteiger charge is -2.07. The number of hydrogen-bond donors (Lipinski definition) is 3. The molecule has 4 N–H and O–H groups in total. The number of amides is 2. The van der Waals surface area contributed by atoms with E-state index in [2.05, 4.69) is 10.6 Å². The van der Waals surface area contributed by atoms with Gasteiger partial charge in [-0.3, -0.25) is 29.8 Å². The number of non-ortho nitro benzene ring substituents is 2. The van der Waals surface area contributed by atoms with Crippen LogP contribution in [0.5, 0.6) is 0 Å². The molecular formula is C18H19N5O6. The van der Waals surface area contributed by atoms with Crippen molar-refractivity contribution in [2.75, 3.05) is 13.1 Å². The summed E-state index contributed by atoms with van der Waals surface area (Å²) in [6, 6.07) is 9.56. The maximum absolute atomic E-state index is 12.1. The maximum atomic E-state index is 12.1. The number of rotatable bonds is 9. The molecule has 2 aromatic carbocycles. The van der Waals surface area contributed by atoms with Crippen molar-refractivity contribution in [2.45, 2.75) is 13.0 Å². The molecular weight excluding hydrogens is 382 g/mol. The van der Waals surface area contributed by atoms with Gasteiger partial charge >= 0.3 is 0 Å². The van der Waals surface area contributed by atoms with Gasteiger partial charge in [-0.25, -0.2) is 0 Å². The van der Waals surface area contributed by atoms with Gasteiger partial charge in [-0.2, -0.15) is 0 Å². The first-order valence-electron chi connectivity index (χ1n) is 8.61. The van der Waals surface area contributed by atoms with E-state index < -0.39 is 27.1 Å². The Hall–Kier alpha value is -3.86. The van der Waals surface area contributed by atoms with Crippen molar-refractivity contribution in [1.82, 2.24) is 10.6 Å². The van der Waals surface area contributed by atoms with Gasteiger partial charge in [0.2, 0.25) is 0 Å². The normalized spacial score (nSPS) is 10.2. The average Bonchev–Trinajstić information content (AvgIpc) is 2.72. The zero-order chi connectivity index (χ0) is 21.4. The summed E-state index contributed by atoms with van der Waals surface area (Å²) in [5, 5.41) is 27.0. The van der Waals surface area contributed by atoms with Gasteiger partial charge in [0.15, 0.2) is 0 Å². The molecule has 152 valence electrons. The van der Waals surface area contributed by atoms with E-state index in [9.17, 15) is 29.8 Å². The molecule has 0 radical (unpaired) electrons. The summed E-state index contributed by atoms with van der Waals surface area (Å²) in [5.41, 5.74) is 5.62. The lowest BCUT2D eigenvalue weighted by atomic mass is 10.1. The molecule has 11 heteroatoms. The standard InChI is InChI=1S/C18H19N5O6/c19-11-12-2-4-13(5-3-12)17(24)20-6-1-7-21-18(25)14-8-15(22(26)27)10-16(9-14)23(28)29/h2-5,8-10H,1,6-7,11,19H2,(H,20,24)(H,21,25). The van der Waals surface area contributed by atoms with Crippen LogP contribution >= 0.6 is 0 Å². The number of nitrogens with one attached hydrogen (secondary N) is 2. The van der Waals surface area contributed by atoms with Gasteiger partial charge in [0.25, 0.3) is 23.2 Å². The van der Waals surface area contributed by atoms with Crippen molar-refractivity contribution in [2.24, 2.45) is 5.73 Å². The van der Waals surface area contributed by atoms with E-state index in [-0.39, 0.29) is 24.6 Å². The van der Waals surface area contributed by atoms with Crippen LogP contribution in [0.4, 0.5) is 11.4 Å². The Morgan fingerprint density at radius 1 is 0.828 bits per heavy atom. The van der Waals surface area contributed by atoms with E-state index in [0.717, 1.165) is 23.8 Å². The summed E-state index contributed by atoms with van der Waals surface area (Å²) in [4.78, 5) is 44.3. The summed E-state index contributed by atoms with van der Waals surface area (Å²) in [7, 11) is 0. The van der Waals surface area contributed by atoms with Gasteiger partial charge < -0.3 is 16.4 Å². The number of nitrogens with zero attached hydrogens (tertiary/aromatic N) is 2. The third-order valence-corrected chi connectivity index (χ3v) is 3.96. The maximum Gasteiger partial charge on any atom is 0.277 e. The third-order valence-electron chi connectivity index (χ3n) is 3.96. The SMILES string of the molecule is NCc1ccc(C(=O)NCCCNC(=O)c2cc([N+](=O)[O-])cc([N+](=O)[O-])c2)cc1. The lowest BCUT2D eigenvalue weighted by Crippen LogP contribution is -2.30. The van der Waals surface area contributed by atoms with Gasteiger partial charge in [-0.1, -0.05) is 12.1 Å². The fourth-order valence-corrected chi connectivity index (χ4v) is 2.43. The van der Waals surface area contributed by atoms with Crippen LogP contribution in [0.1, 0.15) is 32.7 Å². The molecule has 0 saturated heterocycles. The van der Waals surface area contributed by atoms with Crippen molar-refractivity contribution >= 4 is 23.2 Å². The van der Waals surface area contributed by atoms with E-state index >= 15 is 0 Å². The minimum Gasteiger partial charge on any atom is -0.352 e. The second kappa shape index (κ2) is 9.90. The zero-order valence-corrected chi connectivity index (χ0v) is 15.3. The highest BCUT2D eigenvalue weighted by Gasteiger charge is 2.19. The molecule has 0 bridgehead atoms. The first-order chi connectivity index (χ1) is 13.8. The van der Waals surface area contributed by atoms with E-state index in [1.54, 1.807) is 24.3 Å². The second-order valence-corrected chi connectivity index (χ2v) is 6.02. The Labute approximate surface area is 165 Å². The fourth-order valence-electron chi connectivity index (χ4n) is 2.43. The first kappa shape index (κ1) is 21.4. The number of nitro benzene ring substituents is 2. The number of hydrogen-bond acceptors (Lipinski definition) is 7. The van der Waals surface area contributed by atoms with Gasteiger partial charge in [0.05, 0.1) is 21.5 Å². The molecule has 2 aromatic rings. The van der Waals surface area contributed by atoms with Crippen LogP contribution in [-0.2, 0) is 6.54 Å². The Balaban J connectivity index is 1.84. The topological polar surface area (TPSA) is 170 Å². The third kappa shape index (κ3) is 6.07. The number of nitrogens with two attached hydrogens (primary N) is 1. The zero-order valence-electron chi connectivity index (χ0n) is 15.3. The Morgan fingerprint density at radius 3 is 1.76 bits per heavy atom. The predicted octanol–water partition coefficient (Wildman–Crippen LogP) is 1.51. The number of benzene rings is 2. The van der Waals surface area contributed by atoms with Crippen LogP contribution < -0.4 is 16.4 Å². The monoisotopic (exact) mass is 401 g/mol. The van der Waals surface area contributed by atoms with Crippen molar-refractivity contribution in [3.05, 3.63) is 79.4 Å². The highest BCUT2D eigenvalue weighted by molar-refractivity contribution is 5.95. The van der Waals surface area contributed by atoms with Crippen LogP contribution in [0, 0.1) is 20.2 Å². The lowest BCUT2D eigenvalue weighted by molar-refractivity contribution is -0.394. The van der Waals surface area contributed by atoms with Crippen LogP contribution in [0.2, 0.25) is 0 Å². The highest BCUT2D eigenvalue weighted by Crippen LogP contribution is 2.22. The molecule has 2 rings (SSSR count). The molecule has 2 amide bonds. The molecule has 29 heavy (non-hydrogen) atoms. The van der Waals surface area contributed by atoms with E-state index in [1.165, 1.54) is 0 Å². The van der Waals surface area contributed by atoms with Crippen molar-refractivity contribution in [1.29, 1.82) is 0 Å². The first-order valence-corrected chi connectivity index (χ1v) is 8.61. The molecule has 0 fully saturated rings. The largest absolute Gasteiger partial charge is 0.352 e. The molecule has 0 heterocycles. The van der Waals surface area contributed by atoms with Crippen molar-refractivity contribution < 1.29 is 19.4 Å². The average molecular weight is 401 g/mol. The van der Waals surface area contributed by atoms with Crippen LogP contribution in [0.15, 0.2) is 42.5 Å². The molecule has 0 atom stereocenters. The van der Waals surface area contributed by atoms with Crippen LogP contribution in [0.25, 0.3) is 0 Å². The summed E-state index contributed by atoms with van der Waals surface area (Å²) in [5.74, 6) is -0.949. The van der Waals surface area contributed by atoms with E-state index in [1.807, 2.05) is 0 Å². The predicted molar refractivity (Wildman–Crippen MR) is 103 cm³/mol. The van der Waals surface area contributed by atoms with Crippen molar-refractivity contribution in [3.63, 3.8) is 0 Å². The number of carbonyl (C=O) groups is 2. The molecule has 0 saturated carbocycles.